The van der Waals surface area contributed by atoms with Crippen molar-refractivity contribution in [1.29, 1.82) is 0 Å². The fraction of sp³-hybridized carbons (Fsp3) is 0.600. The van der Waals surface area contributed by atoms with Crippen molar-refractivity contribution in [2.45, 2.75) is 41.5 Å². The molecule has 0 aromatic heterocycles. The Labute approximate surface area is 143 Å². The van der Waals surface area contributed by atoms with Gasteiger partial charge in [-0.05, 0) is 49.8 Å². The Morgan fingerprint density at radius 1 is 1.12 bits per heavy atom. The number of hydrogen-bond donors (Lipinski definition) is 2. The molecule has 1 aliphatic heterocycles. The van der Waals surface area contributed by atoms with Gasteiger partial charge >= 0.3 is 0 Å². The molecule has 1 saturated heterocycles. The van der Waals surface area contributed by atoms with Crippen LogP contribution in [0.25, 0.3) is 0 Å². The lowest BCUT2D eigenvalue weighted by molar-refractivity contribution is 0.477. The number of nitrogens with zero attached hydrogens (tertiary/aromatic N) is 1. The molecule has 134 valence electrons. The Kier molecular flexibility index (Phi) is 4.99. The molecule has 0 amide bonds. The van der Waals surface area contributed by atoms with Crippen LogP contribution >= 0.6 is 0 Å². The maximum absolute atomic E-state index is 12.6. The van der Waals surface area contributed by atoms with E-state index < -0.39 is 20.0 Å². The van der Waals surface area contributed by atoms with Crippen LogP contribution in [0.15, 0.2) is 34.1 Å². The standard InChI is InChI=1S/C15H23N3O4S2/c16-11-15(12-6-7-12)17-23(19,20)13-4-3-5-14(10-13)24(21,22)18-8-1-2-9-18/h3-5,10,12,15,17H,1-2,6-9,11,16H2. The van der Waals surface area contributed by atoms with Crippen molar-refractivity contribution in [3.05, 3.63) is 24.3 Å². The highest BCUT2D eigenvalue weighted by Gasteiger charge is 2.34. The van der Waals surface area contributed by atoms with E-state index in [4.69, 9.17) is 5.73 Å². The molecule has 1 aliphatic carbocycles. The highest BCUT2D eigenvalue weighted by molar-refractivity contribution is 7.90. The van der Waals surface area contributed by atoms with Crippen molar-refractivity contribution in [2.24, 2.45) is 11.7 Å². The Bertz CT molecular complexity index is 798. The number of hydrogen-bond acceptors (Lipinski definition) is 5. The van der Waals surface area contributed by atoms with Gasteiger partial charge in [-0.1, -0.05) is 6.07 Å². The number of nitrogens with one attached hydrogen (secondary N) is 1. The summed E-state index contributed by atoms with van der Waals surface area (Å²) >= 11 is 0. The van der Waals surface area contributed by atoms with Gasteiger partial charge in [0.15, 0.2) is 0 Å². The minimum absolute atomic E-state index is 0.0167. The summed E-state index contributed by atoms with van der Waals surface area (Å²) in [7, 11) is -7.44. The van der Waals surface area contributed by atoms with Crippen LogP contribution in [-0.4, -0.2) is 46.8 Å². The van der Waals surface area contributed by atoms with E-state index in [-0.39, 0.29) is 28.3 Å². The lowest BCUT2D eigenvalue weighted by Crippen LogP contribution is -2.41. The molecule has 2 fully saturated rings. The lowest BCUT2D eigenvalue weighted by atomic mass is 10.2. The van der Waals surface area contributed by atoms with E-state index in [1.807, 2.05) is 0 Å². The number of benzene rings is 1. The van der Waals surface area contributed by atoms with E-state index in [1.54, 1.807) is 0 Å². The molecule has 3 N–H and O–H groups in total. The first kappa shape index (κ1) is 17.8. The Hall–Kier alpha value is -1.00. The number of sulfonamides is 2. The maximum atomic E-state index is 12.6. The number of nitrogens with two attached hydrogens (primary N) is 1. The summed E-state index contributed by atoms with van der Waals surface area (Å²) in [5, 5.41) is 0. The predicted octanol–water partition coefficient (Wildman–Crippen LogP) is 0.487. The molecule has 1 aromatic rings. The summed E-state index contributed by atoms with van der Waals surface area (Å²) in [6.07, 6.45) is 3.60. The van der Waals surface area contributed by atoms with Crippen molar-refractivity contribution < 1.29 is 16.8 Å². The van der Waals surface area contributed by atoms with E-state index in [0.29, 0.717) is 13.1 Å². The van der Waals surface area contributed by atoms with Crippen molar-refractivity contribution in [2.75, 3.05) is 19.6 Å². The van der Waals surface area contributed by atoms with Crippen LogP contribution in [0.1, 0.15) is 25.7 Å². The second-order valence-electron chi connectivity index (χ2n) is 6.39. The summed E-state index contributed by atoms with van der Waals surface area (Å²) in [4.78, 5) is -0.0233. The minimum Gasteiger partial charge on any atom is -0.329 e. The molecular formula is C15H23N3O4S2. The van der Waals surface area contributed by atoms with Gasteiger partial charge in [0.1, 0.15) is 0 Å². The van der Waals surface area contributed by atoms with E-state index in [1.165, 1.54) is 28.6 Å². The Morgan fingerprint density at radius 2 is 1.75 bits per heavy atom. The highest BCUT2D eigenvalue weighted by atomic mass is 32.2. The smallest absolute Gasteiger partial charge is 0.243 e. The second kappa shape index (κ2) is 6.72. The van der Waals surface area contributed by atoms with E-state index >= 15 is 0 Å². The summed E-state index contributed by atoms with van der Waals surface area (Å²) in [5.41, 5.74) is 5.65. The Balaban J connectivity index is 1.86. The van der Waals surface area contributed by atoms with Gasteiger partial charge in [0, 0.05) is 25.7 Å². The van der Waals surface area contributed by atoms with Gasteiger partial charge in [-0.2, -0.15) is 4.31 Å². The van der Waals surface area contributed by atoms with Crippen LogP contribution in [0, 0.1) is 5.92 Å². The van der Waals surface area contributed by atoms with Gasteiger partial charge in [-0.15, -0.1) is 0 Å². The van der Waals surface area contributed by atoms with E-state index in [2.05, 4.69) is 4.72 Å². The molecule has 9 heteroatoms. The van der Waals surface area contributed by atoms with Gasteiger partial charge in [0.25, 0.3) is 0 Å². The predicted molar refractivity (Wildman–Crippen MR) is 90.3 cm³/mol. The molecule has 0 bridgehead atoms. The van der Waals surface area contributed by atoms with Crippen LogP contribution in [0.3, 0.4) is 0 Å². The third-order valence-electron chi connectivity index (χ3n) is 4.57. The second-order valence-corrected chi connectivity index (χ2v) is 10.0. The van der Waals surface area contributed by atoms with Crippen molar-refractivity contribution in [1.82, 2.24) is 9.03 Å². The van der Waals surface area contributed by atoms with Crippen LogP contribution in [0.2, 0.25) is 0 Å². The fourth-order valence-electron chi connectivity index (χ4n) is 2.98. The summed E-state index contributed by atoms with van der Waals surface area (Å²) in [5.74, 6) is 0.279. The molecule has 1 atom stereocenters. The molecule has 7 nitrogen and oxygen atoms in total. The zero-order chi connectivity index (χ0) is 17.4. The fourth-order valence-corrected chi connectivity index (χ4v) is 5.98. The molecule has 1 saturated carbocycles. The molecule has 3 rings (SSSR count). The first-order chi connectivity index (χ1) is 11.3. The van der Waals surface area contributed by atoms with Gasteiger partial charge in [-0.25, -0.2) is 21.6 Å². The Morgan fingerprint density at radius 3 is 2.33 bits per heavy atom. The van der Waals surface area contributed by atoms with Crippen LogP contribution in [-0.2, 0) is 20.0 Å². The average molecular weight is 374 g/mol. The molecule has 1 aromatic carbocycles. The van der Waals surface area contributed by atoms with Gasteiger partial charge in [0.2, 0.25) is 20.0 Å². The quantitative estimate of drug-likeness (QED) is 0.723. The molecule has 0 radical (unpaired) electrons. The molecule has 2 aliphatic rings. The lowest BCUT2D eigenvalue weighted by Gasteiger charge is -2.18. The van der Waals surface area contributed by atoms with Gasteiger partial charge in [-0.3, -0.25) is 0 Å². The summed E-state index contributed by atoms with van der Waals surface area (Å²) < 4.78 is 54.3. The van der Waals surface area contributed by atoms with Crippen molar-refractivity contribution in [3.63, 3.8) is 0 Å². The zero-order valence-electron chi connectivity index (χ0n) is 13.4. The highest BCUT2D eigenvalue weighted by Crippen LogP contribution is 2.33. The zero-order valence-corrected chi connectivity index (χ0v) is 15.0. The third-order valence-corrected chi connectivity index (χ3v) is 7.95. The molecule has 1 unspecified atom stereocenters. The van der Waals surface area contributed by atoms with Crippen LogP contribution in [0.4, 0.5) is 0 Å². The SMILES string of the molecule is NCC(NS(=O)(=O)c1cccc(S(=O)(=O)N2CCCC2)c1)C1CC1. The monoisotopic (exact) mass is 373 g/mol. The van der Waals surface area contributed by atoms with Crippen LogP contribution < -0.4 is 10.5 Å². The molecule has 1 heterocycles. The third kappa shape index (κ3) is 3.65. The molecular weight excluding hydrogens is 350 g/mol. The number of rotatable bonds is 7. The first-order valence-electron chi connectivity index (χ1n) is 8.17. The minimum atomic E-state index is -3.80. The van der Waals surface area contributed by atoms with Crippen molar-refractivity contribution in [3.8, 4) is 0 Å². The van der Waals surface area contributed by atoms with Gasteiger partial charge < -0.3 is 5.73 Å². The first-order valence-corrected chi connectivity index (χ1v) is 11.1. The maximum Gasteiger partial charge on any atom is 0.243 e. The average Bonchev–Trinajstić information content (AvgIpc) is 3.25. The van der Waals surface area contributed by atoms with Gasteiger partial charge in [0.05, 0.1) is 9.79 Å². The van der Waals surface area contributed by atoms with E-state index in [0.717, 1.165) is 25.7 Å². The van der Waals surface area contributed by atoms with Crippen molar-refractivity contribution >= 4 is 20.0 Å². The largest absolute Gasteiger partial charge is 0.329 e. The topological polar surface area (TPSA) is 110 Å². The molecule has 24 heavy (non-hydrogen) atoms. The molecule has 0 spiro atoms. The summed E-state index contributed by atoms with van der Waals surface area (Å²) in [6, 6.07) is 5.25. The summed E-state index contributed by atoms with van der Waals surface area (Å²) in [6.45, 7) is 1.19. The van der Waals surface area contributed by atoms with E-state index in [9.17, 15) is 16.8 Å². The van der Waals surface area contributed by atoms with Crippen LogP contribution in [0.5, 0.6) is 0 Å². The normalized spacial score (nSPS) is 21.0.